The van der Waals surface area contributed by atoms with E-state index in [1.807, 2.05) is 0 Å². The Hall–Kier alpha value is -6.09. The summed E-state index contributed by atoms with van der Waals surface area (Å²) >= 11 is 6.18. The van der Waals surface area contributed by atoms with E-state index in [4.69, 9.17) is 16.3 Å². The summed E-state index contributed by atoms with van der Waals surface area (Å²) in [7, 11) is -1.95. The van der Waals surface area contributed by atoms with Crippen LogP contribution in [0.1, 0.15) is 40.4 Å². The highest BCUT2D eigenvalue weighted by molar-refractivity contribution is 6.47. The van der Waals surface area contributed by atoms with Crippen molar-refractivity contribution in [3.8, 4) is 23.0 Å². The van der Waals surface area contributed by atoms with Gasteiger partial charge in [0, 0.05) is 55.6 Å². The van der Waals surface area contributed by atoms with E-state index in [1.54, 1.807) is 0 Å². The highest BCUT2D eigenvalue weighted by atomic mass is 35.5. The first-order valence-electron chi connectivity index (χ1n) is 16.6. The van der Waals surface area contributed by atoms with Gasteiger partial charge >= 0.3 is 31.2 Å². The maximum Gasteiger partial charge on any atom is 0.547 e. The number of fused-ring (bicyclic) bond motifs is 1. The molecule has 22 heteroatoms. The quantitative estimate of drug-likeness (QED) is 0.128. The van der Waals surface area contributed by atoms with Crippen molar-refractivity contribution in [2.75, 3.05) is 31.5 Å². The molecule has 3 aromatic rings. The average Bonchev–Trinajstić information content (AvgIpc) is 3.52. The molecule has 17 nitrogen and oxygen atoms in total. The van der Waals surface area contributed by atoms with Gasteiger partial charge in [-0.1, -0.05) is 17.7 Å². The summed E-state index contributed by atoms with van der Waals surface area (Å²) < 4.78 is 47.8. The predicted molar refractivity (Wildman–Crippen MR) is 184 cm³/mol. The van der Waals surface area contributed by atoms with Crippen molar-refractivity contribution in [3.63, 3.8) is 0 Å². The number of aromatic hydroxyl groups is 3. The Kier molecular flexibility index (Phi) is 10.8. The smallest absolute Gasteiger partial charge is 0.534 e. The third-order valence-corrected chi connectivity index (χ3v) is 9.80. The van der Waals surface area contributed by atoms with Crippen molar-refractivity contribution >= 4 is 54.4 Å². The topological polar surface area (TPSA) is 242 Å². The van der Waals surface area contributed by atoms with Crippen LogP contribution in [0.25, 0.3) is 0 Å². The number of aromatic carboxylic acids is 1. The van der Waals surface area contributed by atoms with E-state index in [0.717, 1.165) is 23.1 Å². The Morgan fingerprint density at radius 1 is 0.927 bits per heavy atom. The summed E-state index contributed by atoms with van der Waals surface area (Å²) in [5, 5.41) is 56.2. The fraction of sp³-hybridized carbons (Fsp3) is 0.303. The number of halogens is 4. The van der Waals surface area contributed by atoms with Crippen LogP contribution >= 0.6 is 11.6 Å². The van der Waals surface area contributed by atoms with Crippen LogP contribution in [-0.4, -0.2) is 115 Å². The lowest BCUT2D eigenvalue weighted by atomic mass is 9.72. The van der Waals surface area contributed by atoms with Crippen LogP contribution in [0.2, 0.25) is 5.02 Å². The number of imide groups is 1. The largest absolute Gasteiger partial charge is 0.547 e. The number of nitrogens with one attached hydrogen (secondary N) is 3. The van der Waals surface area contributed by atoms with Gasteiger partial charge in [-0.2, -0.15) is 0 Å². The van der Waals surface area contributed by atoms with Crippen LogP contribution in [0.4, 0.5) is 33.2 Å². The number of rotatable bonds is 7. The molecule has 2 atom stereocenters. The molecule has 2 saturated heterocycles. The van der Waals surface area contributed by atoms with Crippen molar-refractivity contribution in [1.29, 1.82) is 0 Å². The Labute approximate surface area is 314 Å². The molecule has 290 valence electrons. The summed E-state index contributed by atoms with van der Waals surface area (Å²) in [6.07, 6.45) is 0.289. The highest BCUT2D eigenvalue weighted by Crippen LogP contribution is 2.41. The number of carbonyl (C=O) groups is 5. The Morgan fingerprint density at radius 2 is 1.64 bits per heavy atom. The van der Waals surface area contributed by atoms with Crippen LogP contribution in [0.3, 0.4) is 0 Å². The van der Waals surface area contributed by atoms with E-state index in [0.29, 0.717) is 18.9 Å². The van der Waals surface area contributed by atoms with Gasteiger partial charge in [0.05, 0.1) is 11.0 Å². The molecule has 3 aliphatic rings. The summed E-state index contributed by atoms with van der Waals surface area (Å²) in [4.78, 5) is 68.9. The molecule has 0 spiro atoms. The molecule has 0 saturated carbocycles. The van der Waals surface area contributed by atoms with Crippen LogP contribution in [0.15, 0.2) is 36.4 Å². The maximum absolute atomic E-state index is 14.7. The number of nitrogens with zero attached hydrogens (tertiary/aromatic N) is 3. The number of benzene rings is 3. The number of phenolic OH excluding ortho intramolecular Hbond substituents is 3. The van der Waals surface area contributed by atoms with E-state index in [9.17, 15) is 62.6 Å². The minimum absolute atomic E-state index is 0.0409. The summed E-state index contributed by atoms with van der Waals surface area (Å²) in [5.41, 5.74) is -1.29. The molecule has 3 heterocycles. The number of carboxylic acids is 1. The molecule has 2 fully saturated rings. The summed E-state index contributed by atoms with van der Waals surface area (Å²) in [6, 6.07) is 0.782. The fourth-order valence-electron chi connectivity index (χ4n) is 6.65. The van der Waals surface area contributed by atoms with Gasteiger partial charge in [0.1, 0.15) is 34.7 Å². The Morgan fingerprint density at radius 3 is 2.31 bits per heavy atom. The number of phenols is 3. The number of carbonyl (C=O) groups excluding carboxylic acids is 4. The number of anilines is 1. The van der Waals surface area contributed by atoms with E-state index < -0.39 is 106 Å². The first-order valence-corrected chi connectivity index (χ1v) is 17.0. The van der Waals surface area contributed by atoms with Gasteiger partial charge in [-0.3, -0.25) is 4.79 Å². The van der Waals surface area contributed by atoms with Crippen molar-refractivity contribution in [2.45, 2.75) is 37.3 Å². The number of amides is 7. The van der Waals surface area contributed by atoms with Crippen LogP contribution in [0, 0.1) is 17.5 Å². The molecular formula is C33H31BClF3N6O11. The molecule has 0 aromatic heterocycles. The van der Waals surface area contributed by atoms with E-state index in [-0.39, 0.29) is 49.6 Å². The molecule has 0 aliphatic carbocycles. The molecule has 3 aromatic carbocycles. The van der Waals surface area contributed by atoms with Gasteiger partial charge in [0.15, 0.2) is 17.3 Å². The third-order valence-electron chi connectivity index (χ3n) is 9.40. The molecule has 3 aliphatic heterocycles. The molecule has 6 rings (SSSR count). The zero-order valence-electron chi connectivity index (χ0n) is 28.3. The number of hydrogen-bond donors (Lipinski definition) is 8. The second-order valence-corrected chi connectivity index (χ2v) is 13.2. The molecule has 7 amide bonds. The monoisotopic (exact) mass is 790 g/mol. The van der Waals surface area contributed by atoms with Gasteiger partial charge in [0.25, 0.3) is 0 Å². The van der Waals surface area contributed by atoms with Crippen LogP contribution < -0.4 is 20.6 Å². The lowest BCUT2D eigenvalue weighted by Gasteiger charge is -2.36. The molecular weight excluding hydrogens is 760 g/mol. The first-order chi connectivity index (χ1) is 26.0. The minimum Gasteiger partial charge on any atom is -0.534 e. The second-order valence-electron chi connectivity index (χ2n) is 12.9. The Bertz CT molecular complexity index is 2070. The standard InChI is InChI=1S/C33H31BClF3N6O11/c35-24-19(13-21(38)26(46)27(24)47)25(29(48)40-22-9-14-1-2-20(37)23(30(49)50)28(14)55-34(22)54)41-32(52)44-8-7-43(33(44)53)17-3-5-42(6-4-17)31(51)39-16-10-15(36)11-18(45)12-16/h1-2,10-13,17,22,25,45-47,54H,3-9H2,(H,39,51)(H,40,48)(H,41,52)(H,49,50)/t22-,25?/m0/s1. The number of piperidine rings is 1. The molecule has 0 bridgehead atoms. The first kappa shape index (κ1) is 38.6. The van der Waals surface area contributed by atoms with Gasteiger partial charge in [-0.25, -0.2) is 37.2 Å². The van der Waals surface area contributed by atoms with Crippen molar-refractivity contribution in [2.24, 2.45) is 0 Å². The normalized spacial score (nSPS) is 17.7. The minimum atomic E-state index is -1.99. The van der Waals surface area contributed by atoms with Crippen molar-refractivity contribution in [3.05, 3.63) is 75.6 Å². The zero-order valence-corrected chi connectivity index (χ0v) is 29.0. The lowest BCUT2D eigenvalue weighted by molar-refractivity contribution is -0.123. The molecule has 8 N–H and O–H groups in total. The molecule has 0 radical (unpaired) electrons. The fourth-order valence-corrected chi connectivity index (χ4v) is 6.91. The predicted octanol–water partition coefficient (Wildman–Crippen LogP) is 2.90. The zero-order chi connectivity index (χ0) is 39.9. The van der Waals surface area contributed by atoms with E-state index >= 15 is 0 Å². The van der Waals surface area contributed by atoms with E-state index in [1.165, 1.54) is 21.9 Å². The maximum atomic E-state index is 14.7. The van der Waals surface area contributed by atoms with Crippen LogP contribution in [-0.2, 0) is 11.2 Å². The number of hydrogen-bond acceptors (Lipinski definition) is 10. The van der Waals surface area contributed by atoms with Gasteiger partial charge < -0.3 is 55.9 Å². The van der Waals surface area contributed by atoms with E-state index in [2.05, 4.69) is 16.0 Å². The second kappa shape index (κ2) is 15.3. The molecule has 1 unspecified atom stereocenters. The number of carboxylic acid groups (broad SMARTS) is 1. The molecule has 55 heavy (non-hydrogen) atoms. The highest BCUT2D eigenvalue weighted by Gasteiger charge is 2.43. The third kappa shape index (κ3) is 7.78. The SMILES string of the molecule is O=C(O)c1c(F)ccc2c1OB(O)[C@@H](NC(=O)C(NC(=O)N1CCN(C3CCN(C(=O)Nc4cc(O)cc(F)c4)CC3)C1=O)c1cc(F)c(O)c(O)c1Cl)C2. The van der Waals surface area contributed by atoms with Gasteiger partial charge in [-0.15, -0.1) is 0 Å². The van der Waals surface area contributed by atoms with Crippen molar-refractivity contribution < 1.29 is 67.2 Å². The van der Waals surface area contributed by atoms with Gasteiger partial charge in [0.2, 0.25) is 5.91 Å². The number of likely N-dealkylation sites (tertiary alicyclic amines) is 1. The average molecular weight is 791 g/mol. The summed E-state index contributed by atoms with van der Waals surface area (Å²) in [5.74, 6) is -10.8. The summed E-state index contributed by atoms with van der Waals surface area (Å²) in [6.45, 7) is 0.248. The van der Waals surface area contributed by atoms with Crippen molar-refractivity contribution in [1.82, 2.24) is 25.3 Å². The lowest BCUT2D eigenvalue weighted by Crippen LogP contribution is -2.56. The Balaban J connectivity index is 1.15. The number of urea groups is 3. The van der Waals surface area contributed by atoms with Gasteiger partial charge in [-0.05, 0) is 43.0 Å². The van der Waals surface area contributed by atoms with Crippen LogP contribution in [0.5, 0.6) is 23.0 Å².